The van der Waals surface area contributed by atoms with Crippen molar-refractivity contribution in [2.45, 2.75) is 34.2 Å². The molecule has 84 valence electrons. The Morgan fingerprint density at radius 1 is 1.40 bits per heavy atom. The molecule has 1 heterocycles. The van der Waals surface area contributed by atoms with Gasteiger partial charge in [-0.2, -0.15) is 5.10 Å². The van der Waals surface area contributed by atoms with Crippen LogP contribution in [0.4, 0.5) is 0 Å². The lowest BCUT2D eigenvalue weighted by atomic mass is 10.3. The van der Waals surface area contributed by atoms with Crippen molar-refractivity contribution in [3.05, 3.63) is 17.5 Å². The van der Waals surface area contributed by atoms with Gasteiger partial charge < -0.3 is 4.90 Å². The average molecular weight is 209 g/mol. The van der Waals surface area contributed by atoms with Gasteiger partial charge in [0.1, 0.15) is 5.69 Å². The SMILES string of the molecule is CCN(CC)C(=O)c1cc(C)nn1CC. The van der Waals surface area contributed by atoms with E-state index in [1.54, 1.807) is 4.68 Å². The molecule has 0 aromatic carbocycles. The second kappa shape index (κ2) is 4.96. The molecule has 0 saturated carbocycles. The van der Waals surface area contributed by atoms with E-state index in [1.807, 2.05) is 38.7 Å². The molecule has 0 spiro atoms. The summed E-state index contributed by atoms with van der Waals surface area (Å²) in [5.74, 6) is 0.0717. The molecule has 1 aromatic heterocycles. The van der Waals surface area contributed by atoms with Gasteiger partial charge in [0.2, 0.25) is 0 Å². The largest absolute Gasteiger partial charge is 0.338 e. The maximum Gasteiger partial charge on any atom is 0.272 e. The Hall–Kier alpha value is -1.32. The first-order valence-corrected chi connectivity index (χ1v) is 5.47. The van der Waals surface area contributed by atoms with Gasteiger partial charge in [-0.1, -0.05) is 0 Å². The number of aryl methyl sites for hydroxylation is 2. The predicted octanol–water partition coefficient (Wildman–Crippen LogP) is 1.69. The standard InChI is InChI=1S/C11H19N3O/c1-5-13(6-2)11(15)10-8-9(4)12-14(10)7-3/h8H,5-7H2,1-4H3. The van der Waals surface area contributed by atoms with E-state index < -0.39 is 0 Å². The molecule has 0 aliphatic heterocycles. The predicted molar refractivity (Wildman–Crippen MR) is 59.9 cm³/mol. The molecule has 0 saturated heterocycles. The highest BCUT2D eigenvalue weighted by Crippen LogP contribution is 2.07. The van der Waals surface area contributed by atoms with Gasteiger partial charge in [0.15, 0.2) is 0 Å². The quantitative estimate of drug-likeness (QED) is 0.757. The number of amides is 1. The van der Waals surface area contributed by atoms with Gasteiger partial charge in [-0.3, -0.25) is 9.48 Å². The molecular weight excluding hydrogens is 190 g/mol. The zero-order chi connectivity index (χ0) is 11.4. The molecule has 4 nitrogen and oxygen atoms in total. The van der Waals surface area contributed by atoms with Gasteiger partial charge >= 0.3 is 0 Å². The number of aromatic nitrogens is 2. The second-order valence-corrected chi connectivity index (χ2v) is 3.46. The van der Waals surface area contributed by atoms with Crippen molar-refractivity contribution in [1.82, 2.24) is 14.7 Å². The summed E-state index contributed by atoms with van der Waals surface area (Å²) >= 11 is 0. The first-order valence-electron chi connectivity index (χ1n) is 5.47. The minimum Gasteiger partial charge on any atom is -0.338 e. The summed E-state index contributed by atoms with van der Waals surface area (Å²) in [4.78, 5) is 13.9. The Morgan fingerprint density at radius 3 is 2.47 bits per heavy atom. The fraction of sp³-hybridized carbons (Fsp3) is 0.636. The molecule has 0 bridgehead atoms. The molecule has 0 aliphatic carbocycles. The van der Waals surface area contributed by atoms with Crippen molar-refractivity contribution in [3.63, 3.8) is 0 Å². The monoisotopic (exact) mass is 209 g/mol. The molecular formula is C11H19N3O. The number of nitrogens with zero attached hydrogens (tertiary/aromatic N) is 3. The molecule has 0 aliphatic rings. The molecule has 1 aromatic rings. The van der Waals surface area contributed by atoms with Crippen LogP contribution >= 0.6 is 0 Å². The Kier molecular flexibility index (Phi) is 3.88. The topological polar surface area (TPSA) is 38.1 Å². The molecule has 0 fully saturated rings. The van der Waals surface area contributed by atoms with Gasteiger partial charge in [-0.25, -0.2) is 0 Å². The summed E-state index contributed by atoms with van der Waals surface area (Å²) in [6, 6.07) is 1.85. The maximum atomic E-state index is 12.1. The van der Waals surface area contributed by atoms with Crippen LogP contribution in [0.1, 0.15) is 37.0 Å². The van der Waals surface area contributed by atoms with Gasteiger partial charge in [0, 0.05) is 19.6 Å². The normalized spacial score (nSPS) is 10.4. The van der Waals surface area contributed by atoms with Crippen LogP contribution in [-0.4, -0.2) is 33.7 Å². The van der Waals surface area contributed by atoms with Crippen LogP contribution in [0.25, 0.3) is 0 Å². The number of carbonyl (C=O) groups excluding carboxylic acids is 1. The van der Waals surface area contributed by atoms with Gasteiger partial charge in [-0.05, 0) is 33.8 Å². The minimum absolute atomic E-state index is 0.0717. The average Bonchev–Trinajstić information content (AvgIpc) is 2.61. The Bertz CT molecular complexity index is 340. The fourth-order valence-electron chi connectivity index (χ4n) is 1.63. The van der Waals surface area contributed by atoms with E-state index in [-0.39, 0.29) is 5.91 Å². The van der Waals surface area contributed by atoms with Crippen LogP contribution in [0.2, 0.25) is 0 Å². The number of carbonyl (C=O) groups is 1. The van der Waals surface area contributed by atoms with Crippen LogP contribution < -0.4 is 0 Å². The van der Waals surface area contributed by atoms with Crippen LogP contribution in [-0.2, 0) is 6.54 Å². The molecule has 0 unspecified atom stereocenters. The third kappa shape index (κ3) is 2.37. The highest BCUT2D eigenvalue weighted by molar-refractivity contribution is 5.92. The van der Waals surface area contributed by atoms with E-state index >= 15 is 0 Å². The zero-order valence-corrected chi connectivity index (χ0v) is 9.95. The molecule has 1 amide bonds. The summed E-state index contributed by atoms with van der Waals surface area (Å²) in [6.07, 6.45) is 0. The van der Waals surface area contributed by atoms with E-state index in [2.05, 4.69) is 5.10 Å². The summed E-state index contributed by atoms with van der Waals surface area (Å²) in [7, 11) is 0. The molecule has 15 heavy (non-hydrogen) atoms. The van der Waals surface area contributed by atoms with Crippen LogP contribution in [0.3, 0.4) is 0 Å². The fourth-order valence-corrected chi connectivity index (χ4v) is 1.63. The molecule has 0 atom stereocenters. The molecule has 0 N–H and O–H groups in total. The first kappa shape index (κ1) is 11.8. The van der Waals surface area contributed by atoms with Crippen molar-refractivity contribution in [3.8, 4) is 0 Å². The molecule has 1 rings (SSSR count). The summed E-state index contributed by atoms with van der Waals surface area (Å²) in [5.41, 5.74) is 1.59. The van der Waals surface area contributed by atoms with Crippen molar-refractivity contribution < 1.29 is 4.79 Å². The molecule has 0 radical (unpaired) electrons. The summed E-state index contributed by atoms with van der Waals surface area (Å²) in [5, 5.41) is 4.27. The second-order valence-electron chi connectivity index (χ2n) is 3.46. The third-order valence-corrected chi connectivity index (χ3v) is 2.47. The third-order valence-electron chi connectivity index (χ3n) is 2.47. The minimum atomic E-state index is 0.0717. The van der Waals surface area contributed by atoms with E-state index in [0.29, 0.717) is 5.69 Å². The highest BCUT2D eigenvalue weighted by atomic mass is 16.2. The van der Waals surface area contributed by atoms with Crippen LogP contribution in [0.5, 0.6) is 0 Å². The van der Waals surface area contributed by atoms with E-state index in [0.717, 1.165) is 25.3 Å². The zero-order valence-electron chi connectivity index (χ0n) is 9.95. The van der Waals surface area contributed by atoms with E-state index in [1.165, 1.54) is 0 Å². The van der Waals surface area contributed by atoms with Gasteiger partial charge in [0.05, 0.1) is 5.69 Å². The van der Waals surface area contributed by atoms with Gasteiger partial charge in [-0.15, -0.1) is 0 Å². The lowest BCUT2D eigenvalue weighted by Gasteiger charge is -2.18. The smallest absolute Gasteiger partial charge is 0.272 e. The highest BCUT2D eigenvalue weighted by Gasteiger charge is 2.17. The Labute approximate surface area is 90.9 Å². The van der Waals surface area contributed by atoms with Crippen LogP contribution in [0.15, 0.2) is 6.07 Å². The Balaban J connectivity index is 2.98. The van der Waals surface area contributed by atoms with E-state index in [4.69, 9.17) is 0 Å². The van der Waals surface area contributed by atoms with Crippen molar-refractivity contribution in [2.24, 2.45) is 0 Å². The van der Waals surface area contributed by atoms with Crippen molar-refractivity contribution >= 4 is 5.91 Å². The van der Waals surface area contributed by atoms with Crippen molar-refractivity contribution in [2.75, 3.05) is 13.1 Å². The first-order chi connectivity index (χ1) is 7.13. The maximum absolute atomic E-state index is 12.1. The van der Waals surface area contributed by atoms with E-state index in [9.17, 15) is 4.79 Å². The number of hydrogen-bond donors (Lipinski definition) is 0. The Morgan fingerprint density at radius 2 is 2.00 bits per heavy atom. The summed E-state index contributed by atoms with van der Waals surface area (Å²) < 4.78 is 1.76. The lowest BCUT2D eigenvalue weighted by molar-refractivity contribution is 0.0760. The number of hydrogen-bond acceptors (Lipinski definition) is 2. The van der Waals surface area contributed by atoms with Gasteiger partial charge in [0.25, 0.3) is 5.91 Å². The summed E-state index contributed by atoms with van der Waals surface area (Å²) in [6.45, 7) is 10.1. The lowest BCUT2D eigenvalue weighted by Crippen LogP contribution is -2.32. The number of rotatable bonds is 4. The van der Waals surface area contributed by atoms with Crippen molar-refractivity contribution in [1.29, 1.82) is 0 Å². The van der Waals surface area contributed by atoms with Crippen LogP contribution in [0, 0.1) is 6.92 Å². The molecule has 4 heteroatoms.